The molecule has 0 aromatic carbocycles. The van der Waals surface area contributed by atoms with Crippen molar-refractivity contribution < 1.29 is 9.21 Å². The maximum absolute atomic E-state index is 12.7. The Morgan fingerprint density at radius 2 is 2.07 bits per heavy atom. The third-order valence-corrected chi connectivity index (χ3v) is 4.42. The first-order chi connectivity index (χ1) is 13.3. The molecule has 1 aliphatic heterocycles. The van der Waals surface area contributed by atoms with Gasteiger partial charge in [0.25, 0.3) is 0 Å². The van der Waals surface area contributed by atoms with Crippen LogP contribution in [0.3, 0.4) is 0 Å². The molecule has 0 aliphatic carbocycles. The summed E-state index contributed by atoms with van der Waals surface area (Å²) in [6.45, 7) is 0.686. The minimum absolute atomic E-state index is 0.0664. The first kappa shape index (κ1) is 17.0. The van der Waals surface area contributed by atoms with Gasteiger partial charge in [0.15, 0.2) is 5.82 Å². The summed E-state index contributed by atoms with van der Waals surface area (Å²) in [7, 11) is 0. The van der Waals surface area contributed by atoms with Crippen molar-refractivity contribution in [2.45, 2.75) is 18.9 Å². The molecule has 0 saturated carbocycles. The topological polar surface area (TPSA) is 84.2 Å². The van der Waals surface area contributed by atoms with Gasteiger partial charge in [-0.3, -0.25) is 9.78 Å². The summed E-state index contributed by atoms with van der Waals surface area (Å²) in [6.07, 6.45) is 11.6. The van der Waals surface area contributed by atoms with Gasteiger partial charge in [0.2, 0.25) is 5.91 Å². The van der Waals surface area contributed by atoms with E-state index in [4.69, 9.17) is 4.42 Å². The number of nitrogens with one attached hydrogen (secondary N) is 1. The van der Waals surface area contributed by atoms with Gasteiger partial charge in [-0.15, -0.1) is 0 Å². The Bertz CT molecular complexity index is 925. The van der Waals surface area contributed by atoms with E-state index in [1.807, 2.05) is 29.2 Å². The molecule has 7 nitrogen and oxygen atoms in total. The number of hydrogen-bond acceptors (Lipinski definition) is 6. The quantitative estimate of drug-likeness (QED) is 0.699. The molecule has 0 spiro atoms. The summed E-state index contributed by atoms with van der Waals surface area (Å²) in [5.41, 5.74) is 0.750. The van der Waals surface area contributed by atoms with E-state index in [-0.39, 0.29) is 11.9 Å². The van der Waals surface area contributed by atoms with Gasteiger partial charge in [0.1, 0.15) is 17.3 Å². The summed E-state index contributed by atoms with van der Waals surface area (Å²) in [4.78, 5) is 27.7. The van der Waals surface area contributed by atoms with Gasteiger partial charge in [-0.05, 0) is 43.2 Å². The van der Waals surface area contributed by atoms with Crippen molar-refractivity contribution in [2.75, 3.05) is 11.9 Å². The molecule has 3 aromatic rings. The van der Waals surface area contributed by atoms with E-state index in [9.17, 15) is 4.79 Å². The molecule has 0 radical (unpaired) electrons. The fraction of sp³-hybridized carbons (Fsp3) is 0.200. The summed E-state index contributed by atoms with van der Waals surface area (Å²) in [6, 6.07) is 9.09. The van der Waals surface area contributed by atoms with Crippen LogP contribution in [0.15, 0.2) is 65.7 Å². The van der Waals surface area contributed by atoms with Crippen LogP contribution in [0.25, 0.3) is 6.08 Å². The molecule has 3 aromatic heterocycles. The van der Waals surface area contributed by atoms with Gasteiger partial charge in [-0.2, -0.15) is 0 Å². The van der Waals surface area contributed by atoms with E-state index in [0.29, 0.717) is 23.9 Å². The SMILES string of the molecule is O=C(/C=C/c1ccco1)N1CCC[C@H]1c1nccnc1Nc1ccccn1. The molecule has 1 N–H and O–H groups in total. The second-order valence-electron chi connectivity index (χ2n) is 6.17. The maximum Gasteiger partial charge on any atom is 0.247 e. The number of hydrogen-bond donors (Lipinski definition) is 1. The fourth-order valence-electron chi connectivity index (χ4n) is 3.20. The normalized spacial score (nSPS) is 16.7. The monoisotopic (exact) mass is 361 g/mol. The average molecular weight is 361 g/mol. The highest BCUT2D eigenvalue weighted by Gasteiger charge is 2.32. The lowest BCUT2D eigenvalue weighted by molar-refractivity contribution is -0.126. The third-order valence-electron chi connectivity index (χ3n) is 4.42. The largest absolute Gasteiger partial charge is 0.465 e. The number of nitrogens with zero attached hydrogens (tertiary/aromatic N) is 4. The van der Waals surface area contributed by atoms with Crippen molar-refractivity contribution in [2.24, 2.45) is 0 Å². The first-order valence-corrected chi connectivity index (χ1v) is 8.82. The summed E-state index contributed by atoms with van der Waals surface area (Å²) in [5, 5.41) is 3.21. The smallest absolute Gasteiger partial charge is 0.247 e. The molecule has 136 valence electrons. The predicted molar refractivity (Wildman–Crippen MR) is 101 cm³/mol. The first-order valence-electron chi connectivity index (χ1n) is 8.82. The Morgan fingerprint density at radius 1 is 1.15 bits per heavy atom. The summed E-state index contributed by atoms with van der Waals surface area (Å²) >= 11 is 0. The van der Waals surface area contributed by atoms with Crippen LogP contribution in [0.2, 0.25) is 0 Å². The number of carbonyl (C=O) groups excluding carboxylic acids is 1. The van der Waals surface area contributed by atoms with Crippen LogP contribution in [0.1, 0.15) is 30.3 Å². The Hall–Kier alpha value is -3.48. The third kappa shape index (κ3) is 3.87. The van der Waals surface area contributed by atoms with E-state index in [1.54, 1.807) is 43.1 Å². The Kier molecular flexibility index (Phi) is 4.91. The number of furan rings is 1. The highest BCUT2D eigenvalue weighted by Crippen LogP contribution is 2.34. The van der Waals surface area contributed by atoms with Crippen LogP contribution in [-0.4, -0.2) is 32.3 Å². The van der Waals surface area contributed by atoms with Crippen LogP contribution in [0.5, 0.6) is 0 Å². The second-order valence-corrected chi connectivity index (χ2v) is 6.17. The molecule has 27 heavy (non-hydrogen) atoms. The van der Waals surface area contributed by atoms with Crippen molar-refractivity contribution in [3.63, 3.8) is 0 Å². The van der Waals surface area contributed by atoms with Gasteiger partial charge < -0.3 is 14.6 Å². The molecular formula is C20H19N5O2. The standard InChI is InChI=1S/C20H19N5O2/c26-18(9-8-15-5-4-14-27-15)25-13-3-6-16(25)19-20(23-12-11-22-19)24-17-7-1-2-10-21-17/h1-2,4-5,7-12,14,16H,3,6,13H2,(H,21,23,24)/b9-8+/t16-/m0/s1. The highest BCUT2D eigenvalue weighted by molar-refractivity contribution is 5.92. The molecular weight excluding hydrogens is 342 g/mol. The molecule has 0 bridgehead atoms. The molecule has 1 aliphatic rings. The predicted octanol–water partition coefficient (Wildman–Crippen LogP) is 3.59. The van der Waals surface area contributed by atoms with Crippen molar-refractivity contribution >= 4 is 23.6 Å². The second kappa shape index (κ2) is 7.82. The highest BCUT2D eigenvalue weighted by atomic mass is 16.3. The van der Waals surface area contributed by atoms with Crippen molar-refractivity contribution in [3.05, 3.63) is 72.7 Å². The zero-order valence-corrected chi connectivity index (χ0v) is 14.7. The van der Waals surface area contributed by atoms with E-state index in [1.165, 1.54) is 0 Å². The molecule has 1 fully saturated rings. The molecule has 1 amide bonds. The molecule has 4 heterocycles. The fourth-order valence-corrected chi connectivity index (χ4v) is 3.20. The summed E-state index contributed by atoms with van der Waals surface area (Å²) in [5.74, 6) is 1.89. The Balaban J connectivity index is 1.56. The number of pyridine rings is 1. The van der Waals surface area contributed by atoms with Crippen molar-refractivity contribution in [3.8, 4) is 0 Å². The van der Waals surface area contributed by atoms with Gasteiger partial charge in [-0.25, -0.2) is 9.97 Å². The zero-order valence-electron chi connectivity index (χ0n) is 14.7. The van der Waals surface area contributed by atoms with Crippen LogP contribution in [0.4, 0.5) is 11.6 Å². The molecule has 1 atom stereocenters. The number of rotatable bonds is 5. The van der Waals surface area contributed by atoms with E-state index in [2.05, 4.69) is 20.3 Å². The Morgan fingerprint density at radius 3 is 2.89 bits per heavy atom. The number of amides is 1. The Labute approximate surface area is 156 Å². The molecule has 1 saturated heterocycles. The lowest BCUT2D eigenvalue weighted by atomic mass is 10.1. The summed E-state index contributed by atoms with van der Waals surface area (Å²) < 4.78 is 5.25. The number of anilines is 2. The van der Waals surface area contributed by atoms with E-state index >= 15 is 0 Å². The van der Waals surface area contributed by atoms with Crippen LogP contribution in [-0.2, 0) is 4.79 Å². The van der Waals surface area contributed by atoms with Crippen molar-refractivity contribution in [1.82, 2.24) is 19.9 Å². The van der Waals surface area contributed by atoms with E-state index < -0.39 is 0 Å². The minimum atomic E-state index is -0.126. The average Bonchev–Trinajstić information content (AvgIpc) is 3.39. The number of likely N-dealkylation sites (tertiary alicyclic amines) is 1. The van der Waals surface area contributed by atoms with Crippen LogP contribution >= 0.6 is 0 Å². The van der Waals surface area contributed by atoms with Crippen LogP contribution in [0, 0.1) is 0 Å². The zero-order chi connectivity index (χ0) is 18.5. The molecule has 4 rings (SSSR count). The lowest BCUT2D eigenvalue weighted by Gasteiger charge is -2.24. The molecule has 7 heteroatoms. The van der Waals surface area contributed by atoms with Crippen LogP contribution < -0.4 is 5.32 Å². The van der Waals surface area contributed by atoms with Gasteiger partial charge in [-0.1, -0.05) is 6.07 Å². The van der Waals surface area contributed by atoms with Gasteiger partial charge in [0.05, 0.1) is 12.3 Å². The van der Waals surface area contributed by atoms with E-state index in [0.717, 1.165) is 18.5 Å². The number of aromatic nitrogens is 3. The van der Waals surface area contributed by atoms with Crippen molar-refractivity contribution in [1.29, 1.82) is 0 Å². The number of carbonyl (C=O) groups is 1. The minimum Gasteiger partial charge on any atom is -0.465 e. The van der Waals surface area contributed by atoms with Gasteiger partial charge in [0, 0.05) is 31.2 Å². The maximum atomic E-state index is 12.7. The lowest BCUT2D eigenvalue weighted by Crippen LogP contribution is -2.30. The molecule has 0 unspecified atom stereocenters. The van der Waals surface area contributed by atoms with Gasteiger partial charge >= 0.3 is 0 Å².